The highest BCUT2D eigenvalue weighted by atomic mass is 79.9. The lowest BCUT2D eigenvalue weighted by atomic mass is 9.85. The number of carbonyl (C=O) groups is 2. The molecule has 0 radical (unpaired) electrons. The van der Waals surface area contributed by atoms with Gasteiger partial charge in [0, 0.05) is 15.6 Å². The molecule has 1 aliphatic heterocycles. The van der Waals surface area contributed by atoms with Gasteiger partial charge in [0.05, 0.1) is 29.6 Å². The molecule has 4 atom stereocenters. The SMILES string of the molecule is COc1cc(/C=N/N2C(=O)C3C4C=CC(C4)C3C2=O)cc(Br)c1OCc1ccc(Cl)cc1Cl. The number of ether oxygens (including phenoxy) is 2. The lowest BCUT2D eigenvalue weighted by Gasteiger charge is -2.15. The van der Waals surface area contributed by atoms with E-state index in [4.69, 9.17) is 32.7 Å². The Morgan fingerprint density at radius 1 is 1.12 bits per heavy atom. The number of methoxy groups -OCH3 is 1. The summed E-state index contributed by atoms with van der Waals surface area (Å²) in [6.45, 7) is 0.217. The minimum Gasteiger partial charge on any atom is -0.493 e. The van der Waals surface area contributed by atoms with Crippen molar-refractivity contribution < 1.29 is 19.1 Å². The Hall–Kier alpha value is -2.35. The van der Waals surface area contributed by atoms with Crippen LogP contribution < -0.4 is 9.47 Å². The molecule has 5 rings (SSSR count). The second-order valence-corrected chi connectivity index (χ2v) is 9.99. The van der Waals surface area contributed by atoms with Gasteiger partial charge >= 0.3 is 0 Å². The van der Waals surface area contributed by atoms with Gasteiger partial charge in [0.1, 0.15) is 6.61 Å². The van der Waals surface area contributed by atoms with Crippen LogP contribution in [-0.4, -0.2) is 30.1 Å². The molecule has 9 heteroatoms. The quantitative estimate of drug-likeness (QED) is 0.271. The van der Waals surface area contributed by atoms with Crippen LogP contribution in [0.1, 0.15) is 17.5 Å². The number of hydrogen-bond donors (Lipinski definition) is 0. The Morgan fingerprint density at radius 2 is 1.82 bits per heavy atom. The minimum atomic E-state index is -0.276. The van der Waals surface area contributed by atoms with Gasteiger partial charge in [0.2, 0.25) is 0 Å². The van der Waals surface area contributed by atoms with Crippen molar-refractivity contribution in [3.63, 3.8) is 0 Å². The number of nitrogens with zero attached hydrogens (tertiary/aromatic N) is 2. The minimum absolute atomic E-state index is 0.150. The van der Waals surface area contributed by atoms with Gasteiger partial charge < -0.3 is 9.47 Å². The van der Waals surface area contributed by atoms with Crippen LogP contribution in [0.15, 0.2) is 52.1 Å². The first-order valence-corrected chi connectivity index (χ1v) is 12.0. The molecule has 2 bridgehead atoms. The van der Waals surface area contributed by atoms with E-state index in [9.17, 15) is 9.59 Å². The molecule has 0 spiro atoms. The summed E-state index contributed by atoms with van der Waals surface area (Å²) < 4.78 is 12.1. The van der Waals surface area contributed by atoms with Crippen molar-refractivity contribution in [2.24, 2.45) is 28.8 Å². The lowest BCUT2D eigenvalue weighted by molar-refractivity contribution is -0.140. The van der Waals surface area contributed by atoms with Gasteiger partial charge in [-0.2, -0.15) is 10.1 Å². The molecule has 6 nitrogen and oxygen atoms in total. The molecule has 1 heterocycles. The standard InChI is InChI=1S/C24H19BrCl2N2O4/c1-32-19-7-12(6-17(25)22(19)33-11-15-4-5-16(26)9-18(15)27)10-28-29-23(30)20-13-2-3-14(8-13)21(20)24(29)31/h2-7,9-10,13-14,20-21H,8,11H2,1H3/b28-10+. The molecule has 2 aromatic carbocycles. The summed E-state index contributed by atoms with van der Waals surface area (Å²) >= 11 is 15.7. The molecule has 1 saturated heterocycles. The molecule has 0 N–H and O–H groups in total. The van der Waals surface area contributed by atoms with E-state index in [0.717, 1.165) is 17.0 Å². The second-order valence-electron chi connectivity index (χ2n) is 8.29. The lowest BCUT2D eigenvalue weighted by Crippen LogP contribution is -2.28. The van der Waals surface area contributed by atoms with E-state index in [0.29, 0.717) is 31.6 Å². The van der Waals surface area contributed by atoms with Gasteiger partial charge in [-0.3, -0.25) is 9.59 Å². The Kier molecular flexibility index (Phi) is 5.97. The molecular formula is C24H19BrCl2N2O4. The van der Waals surface area contributed by atoms with Gasteiger partial charge in [-0.15, -0.1) is 0 Å². The number of allylic oxidation sites excluding steroid dienone is 2. The van der Waals surface area contributed by atoms with E-state index < -0.39 is 0 Å². The number of rotatable bonds is 6. The van der Waals surface area contributed by atoms with E-state index in [-0.39, 0.29) is 42.1 Å². The zero-order chi connectivity index (χ0) is 23.3. The van der Waals surface area contributed by atoms with Crippen molar-refractivity contribution in [3.05, 3.63) is 68.1 Å². The average molecular weight is 550 g/mol. The number of fused-ring (bicyclic) bond motifs is 5. The second kappa shape index (κ2) is 8.78. The van der Waals surface area contributed by atoms with Gasteiger partial charge in [-0.25, -0.2) is 0 Å². The molecule has 2 fully saturated rings. The zero-order valence-electron chi connectivity index (χ0n) is 17.5. The van der Waals surface area contributed by atoms with Crippen molar-refractivity contribution in [1.82, 2.24) is 5.01 Å². The van der Waals surface area contributed by atoms with Gasteiger partial charge in [0.25, 0.3) is 11.8 Å². The van der Waals surface area contributed by atoms with E-state index in [1.54, 1.807) is 30.3 Å². The number of halogens is 3. The van der Waals surface area contributed by atoms with E-state index >= 15 is 0 Å². The number of hydrogen-bond acceptors (Lipinski definition) is 5. The number of benzene rings is 2. The molecule has 170 valence electrons. The van der Waals surface area contributed by atoms with E-state index in [2.05, 4.69) is 33.2 Å². The maximum atomic E-state index is 12.8. The fourth-order valence-corrected chi connectivity index (χ4v) is 5.91. The van der Waals surface area contributed by atoms with Crippen molar-refractivity contribution in [2.45, 2.75) is 13.0 Å². The van der Waals surface area contributed by atoms with Gasteiger partial charge in [0.15, 0.2) is 11.5 Å². The summed E-state index contributed by atoms with van der Waals surface area (Å²) in [6, 6.07) is 8.71. The van der Waals surface area contributed by atoms with Crippen LogP contribution in [-0.2, 0) is 16.2 Å². The Morgan fingerprint density at radius 3 is 2.45 bits per heavy atom. The predicted octanol–water partition coefficient (Wildman–Crippen LogP) is 5.48. The normalized spacial score (nSPS) is 25.4. The van der Waals surface area contributed by atoms with Crippen LogP contribution in [0, 0.1) is 23.7 Å². The zero-order valence-corrected chi connectivity index (χ0v) is 20.6. The predicted molar refractivity (Wildman–Crippen MR) is 129 cm³/mol. The van der Waals surface area contributed by atoms with Crippen molar-refractivity contribution >= 4 is 57.2 Å². The number of imide groups is 1. The number of carbonyl (C=O) groups excluding carboxylic acids is 2. The fraction of sp³-hybridized carbons (Fsp3) is 0.292. The fourth-order valence-electron chi connectivity index (χ4n) is 4.87. The van der Waals surface area contributed by atoms with Crippen LogP contribution in [0.2, 0.25) is 10.0 Å². The third-order valence-corrected chi connectivity index (χ3v) is 7.58. The number of hydrazone groups is 1. The maximum absolute atomic E-state index is 12.8. The van der Waals surface area contributed by atoms with Gasteiger partial charge in [-0.05, 0) is 64.0 Å². The first kappa shape index (κ1) is 22.4. The molecule has 0 aromatic heterocycles. The molecule has 4 unspecified atom stereocenters. The van der Waals surface area contributed by atoms with Crippen LogP contribution in [0.5, 0.6) is 11.5 Å². The Balaban J connectivity index is 1.33. The molecular weight excluding hydrogens is 531 g/mol. The summed E-state index contributed by atoms with van der Waals surface area (Å²) in [6.07, 6.45) is 6.49. The van der Waals surface area contributed by atoms with E-state index in [1.165, 1.54) is 13.3 Å². The average Bonchev–Trinajstić information content (AvgIpc) is 3.46. The van der Waals surface area contributed by atoms with Crippen molar-refractivity contribution in [3.8, 4) is 11.5 Å². The van der Waals surface area contributed by atoms with Crippen molar-refractivity contribution in [2.75, 3.05) is 7.11 Å². The molecule has 33 heavy (non-hydrogen) atoms. The summed E-state index contributed by atoms with van der Waals surface area (Å²) in [4.78, 5) is 25.6. The summed E-state index contributed by atoms with van der Waals surface area (Å²) in [5, 5.41) is 6.31. The molecule has 1 saturated carbocycles. The molecule has 2 aromatic rings. The first-order chi connectivity index (χ1) is 15.9. The van der Waals surface area contributed by atoms with Crippen LogP contribution >= 0.6 is 39.1 Å². The van der Waals surface area contributed by atoms with Crippen LogP contribution in [0.25, 0.3) is 0 Å². The third kappa shape index (κ3) is 3.96. The maximum Gasteiger partial charge on any atom is 0.254 e. The summed E-state index contributed by atoms with van der Waals surface area (Å²) in [5.74, 6) is 0.267. The van der Waals surface area contributed by atoms with Crippen LogP contribution in [0.4, 0.5) is 0 Å². The highest BCUT2D eigenvalue weighted by molar-refractivity contribution is 9.10. The highest BCUT2D eigenvalue weighted by Gasteiger charge is 2.59. The molecule has 2 amide bonds. The highest BCUT2D eigenvalue weighted by Crippen LogP contribution is 2.52. The smallest absolute Gasteiger partial charge is 0.254 e. The molecule has 2 aliphatic carbocycles. The third-order valence-electron chi connectivity index (χ3n) is 6.41. The summed E-state index contributed by atoms with van der Waals surface area (Å²) in [7, 11) is 1.53. The van der Waals surface area contributed by atoms with E-state index in [1.807, 2.05) is 0 Å². The largest absolute Gasteiger partial charge is 0.493 e. The Labute approximate surface area is 209 Å². The number of amides is 2. The Bertz CT molecular complexity index is 1190. The topological polar surface area (TPSA) is 68.2 Å². The monoisotopic (exact) mass is 548 g/mol. The van der Waals surface area contributed by atoms with Gasteiger partial charge in [-0.1, -0.05) is 41.4 Å². The van der Waals surface area contributed by atoms with Crippen LogP contribution in [0.3, 0.4) is 0 Å². The van der Waals surface area contributed by atoms with Crippen molar-refractivity contribution in [1.29, 1.82) is 0 Å². The summed E-state index contributed by atoms with van der Waals surface area (Å²) in [5.41, 5.74) is 1.43. The molecule has 3 aliphatic rings. The first-order valence-electron chi connectivity index (χ1n) is 10.4.